The molecule has 6 nitrogen and oxygen atoms in total. The van der Waals surface area contributed by atoms with Gasteiger partial charge in [0.1, 0.15) is 18.9 Å². The second-order valence-electron chi connectivity index (χ2n) is 5.81. The molecule has 1 aromatic carbocycles. The van der Waals surface area contributed by atoms with Crippen LogP contribution >= 0.6 is 0 Å². The van der Waals surface area contributed by atoms with E-state index < -0.39 is 24.1 Å². The maximum Gasteiger partial charge on any atom is 0.408 e. The number of rotatable bonds is 8. The summed E-state index contributed by atoms with van der Waals surface area (Å²) < 4.78 is 5.05. The third-order valence-electron chi connectivity index (χ3n) is 3.16. The van der Waals surface area contributed by atoms with Gasteiger partial charge in [-0.1, -0.05) is 44.2 Å². The molecule has 2 amide bonds. The monoisotopic (exact) mass is 320 g/mol. The quantitative estimate of drug-likeness (QED) is 0.718. The number of hydrogen-bond donors (Lipinski definition) is 2. The maximum atomic E-state index is 12.0. The van der Waals surface area contributed by atoms with Gasteiger partial charge in [0.25, 0.3) is 0 Å². The van der Waals surface area contributed by atoms with E-state index in [1.165, 1.54) is 6.92 Å². The molecule has 0 heterocycles. The number of aldehydes is 1. The van der Waals surface area contributed by atoms with Crippen molar-refractivity contribution < 1.29 is 19.1 Å². The molecule has 2 unspecified atom stereocenters. The zero-order valence-electron chi connectivity index (χ0n) is 13.7. The fourth-order valence-corrected chi connectivity index (χ4v) is 1.97. The van der Waals surface area contributed by atoms with Gasteiger partial charge >= 0.3 is 6.09 Å². The summed E-state index contributed by atoms with van der Waals surface area (Å²) in [7, 11) is 0. The van der Waals surface area contributed by atoms with E-state index in [2.05, 4.69) is 10.6 Å². The first-order chi connectivity index (χ1) is 10.9. The Labute approximate surface area is 136 Å². The third kappa shape index (κ3) is 7.44. The van der Waals surface area contributed by atoms with Crippen molar-refractivity contribution in [2.75, 3.05) is 0 Å². The molecule has 0 aliphatic rings. The van der Waals surface area contributed by atoms with Crippen LogP contribution in [0.2, 0.25) is 0 Å². The largest absolute Gasteiger partial charge is 0.445 e. The fourth-order valence-electron chi connectivity index (χ4n) is 1.97. The Hall–Kier alpha value is -2.37. The van der Waals surface area contributed by atoms with Gasteiger partial charge in [0, 0.05) is 0 Å². The number of hydrogen-bond acceptors (Lipinski definition) is 4. The van der Waals surface area contributed by atoms with Gasteiger partial charge in [0.2, 0.25) is 5.91 Å². The minimum atomic E-state index is -0.784. The lowest BCUT2D eigenvalue weighted by atomic mass is 10.0. The van der Waals surface area contributed by atoms with Crippen LogP contribution < -0.4 is 10.6 Å². The van der Waals surface area contributed by atoms with Crippen LogP contribution in [-0.2, 0) is 20.9 Å². The van der Waals surface area contributed by atoms with Gasteiger partial charge in [-0.2, -0.15) is 0 Å². The van der Waals surface area contributed by atoms with Crippen molar-refractivity contribution in [1.29, 1.82) is 0 Å². The van der Waals surface area contributed by atoms with Crippen molar-refractivity contribution in [3.05, 3.63) is 35.9 Å². The Bertz CT molecular complexity index is 517. The first-order valence-electron chi connectivity index (χ1n) is 7.65. The van der Waals surface area contributed by atoms with Gasteiger partial charge in [-0.25, -0.2) is 4.79 Å². The van der Waals surface area contributed by atoms with E-state index in [1.54, 1.807) is 0 Å². The summed E-state index contributed by atoms with van der Waals surface area (Å²) in [5.74, 6) is -0.135. The van der Waals surface area contributed by atoms with Crippen LogP contribution in [0.1, 0.15) is 32.8 Å². The molecule has 0 spiro atoms. The summed E-state index contributed by atoms with van der Waals surface area (Å²) in [5, 5.41) is 5.04. The highest BCUT2D eigenvalue weighted by molar-refractivity contribution is 5.87. The molecule has 0 aromatic heterocycles. The first kappa shape index (κ1) is 18.7. The van der Waals surface area contributed by atoms with Crippen molar-refractivity contribution in [2.45, 2.75) is 45.9 Å². The average molecular weight is 320 g/mol. The number of alkyl carbamates (subject to hydrolysis) is 1. The predicted molar refractivity (Wildman–Crippen MR) is 86.7 cm³/mol. The lowest BCUT2D eigenvalue weighted by Crippen LogP contribution is -2.48. The molecule has 0 saturated heterocycles. The smallest absolute Gasteiger partial charge is 0.408 e. The minimum Gasteiger partial charge on any atom is -0.445 e. The summed E-state index contributed by atoms with van der Waals surface area (Å²) in [6.45, 7) is 5.60. The summed E-state index contributed by atoms with van der Waals surface area (Å²) in [6.07, 6.45) is 0.585. The van der Waals surface area contributed by atoms with E-state index in [0.717, 1.165) is 5.56 Å². The molecule has 1 rings (SSSR count). The number of amides is 2. The lowest BCUT2D eigenvalue weighted by Gasteiger charge is -2.18. The molecule has 0 aliphatic heterocycles. The summed E-state index contributed by atoms with van der Waals surface area (Å²) in [4.78, 5) is 34.6. The zero-order chi connectivity index (χ0) is 17.2. The van der Waals surface area contributed by atoms with Crippen molar-refractivity contribution in [3.63, 3.8) is 0 Å². The number of nitrogens with one attached hydrogen (secondary N) is 2. The molecule has 2 N–H and O–H groups in total. The van der Waals surface area contributed by atoms with Crippen LogP contribution in [0.15, 0.2) is 30.3 Å². The van der Waals surface area contributed by atoms with E-state index in [-0.39, 0.29) is 12.5 Å². The van der Waals surface area contributed by atoms with Crippen molar-refractivity contribution in [1.82, 2.24) is 10.6 Å². The highest BCUT2D eigenvalue weighted by Crippen LogP contribution is 2.03. The van der Waals surface area contributed by atoms with E-state index in [1.807, 2.05) is 44.2 Å². The van der Waals surface area contributed by atoms with Crippen molar-refractivity contribution >= 4 is 18.3 Å². The molecule has 6 heteroatoms. The minimum absolute atomic E-state index is 0.130. The Balaban J connectivity index is 2.38. The summed E-state index contributed by atoms with van der Waals surface area (Å²) >= 11 is 0. The van der Waals surface area contributed by atoms with Gasteiger partial charge in [-0.15, -0.1) is 0 Å². The predicted octanol–water partition coefficient (Wildman–Crippen LogP) is 2.03. The molecular weight excluding hydrogens is 296 g/mol. The maximum absolute atomic E-state index is 12.0. The van der Waals surface area contributed by atoms with Crippen molar-refractivity contribution in [3.8, 4) is 0 Å². The van der Waals surface area contributed by atoms with Gasteiger partial charge in [0.05, 0.1) is 6.04 Å². The fraction of sp³-hybridized carbons (Fsp3) is 0.471. The molecule has 126 valence electrons. The first-order valence-corrected chi connectivity index (χ1v) is 7.65. The number of benzene rings is 1. The van der Waals surface area contributed by atoms with E-state index in [0.29, 0.717) is 12.7 Å². The number of carbonyl (C=O) groups excluding carboxylic acids is 3. The van der Waals surface area contributed by atoms with Crippen LogP contribution in [0, 0.1) is 5.92 Å². The van der Waals surface area contributed by atoms with Gasteiger partial charge in [-0.05, 0) is 24.8 Å². The highest BCUT2D eigenvalue weighted by atomic mass is 16.5. The molecule has 0 bridgehead atoms. The lowest BCUT2D eigenvalue weighted by molar-refractivity contribution is -0.125. The standard InChI is InChI=1S/C17H24N2O4/c1-12(2)9-15(10-20)19-16(21)13(3)18-17(22)23-11-14-7-5-4-6-8-14/h4-8,10,12-13,15H,9,11H2,1-3H3,(H,18,22)(H,19,21). The molecular formula is C17H24N2O4. The van der Waals surface area contributed by atoms with Gasteiger partial charge < -0.3 is 20.2 Å². The molecule has 1 aromatic rings. The normalized spacial score (nSPS) is 13.0. The zero-order valence-corrected chi connectivity index (χ0v) is 13.7. The Morgan fingerprint density at radius 3 is 2.35 bits per heavy atom. The van der Waals surface area contributed by atoms with Crippen LogP contribution in [0.5, 0.6) is 0 Å². The molecule has 0 saturated carbocycles. The highest BCUT2D eigenvalue weighted by Gasteiger charge is 2.20. The molecule has 23 heavy (non-hydrogen) atoms. The SMILES string of the molecule is CC(C)CC(C=O)NC(=O)C(C)NC(=O)OCc1ccccc1. The Kier molecular flexibility index (Phi) is 7.80. The van der Waals surface area contributed by atoms with E-state index in [4.69, 9.17) is 4.74 Å². The Morgan fingerprint density at radius 2 is 1.78 bits per heavy atom. The van der Waals surface area contributed by atoms with E-state index >= 15 is 0 Å². The van der Waals surface area contributed by atoms with Crippen molar-refractivity contribution in [2.24, 2.45) is 5.92 Å². The molecule has 2 atom stereocenters. The van der Waals surface area contributed by atoms with Crippen LogP contribution in [-0.4, -0.2) is 30.4 Å². The molecule has 0 fully saturated rings. The van der Waals surface area contributed by atoms with Gasteiger partial charge in [-0.3, -0.25) is 4.79 Å². The summed E-state index contributed by atoms with van der Waals surface area (Å²) in [6, 6.07) is 7.91. The summed E-state index contributed by atoms with van der Waals surface area (Å²) in [5.41, 5.74) is 0.859. The van der Waals surface area contributed by atoms with Crippen LogP contribution in [0.25, 0.3) is 0 Å². The second-order valence-corrected chi connectivity index (χ2v) is 5.81. The number of carbonyl (C=O) groups is 3. The third-order valence-corrected chi connectivity index (χ3v) is 3.16. The van der Waals surface area contributed by atoms with Gasteiger partial charge in [0.15, 0.2) is 0 Å². The molecule has 0 aliphatic carbocycles. The molecule has 0 radical (unpaired) electrons. The van der Waals surface area contributed by atoms with Crippen LogP contribution in [0.3, 0.4) is 0 Å². The Morgan fingerprint density at radius 1 is 1.13 bits per heavy atom. The second kappa shape index (κ2) is 9.61. The average Bonchev–Trinajstić information content (AvgIpc) is 2.52. The number of ether oxygens (including phenoxy) is 1. The van der Waals surface area contributed by atoms with Crippen LogP contribution in [0.4, 0.5) is 4.79 Å². The van der Waals surface area contributed by atoms with E-state index in [9.17, 15) is 14.4 Å². The topological polar surface area (TPSA) is 84.5 Å².